The minimum atomic E-state index is -5.42. The molecule has 3 atom stereocenters. The first kappa shape index (κ1) is 32.5. The molecule has 0 spiro atoms. The van der Waals surface area contributed by atoms with Crippen molar-refractivity contribution >= 4 is 45.7 Å². The molecule has 2 heterocycles. The Hall–Kier alpha value is -4.93. The third kappa shape index (κ3) is 7.82. The van der Waals surface area contributed by atoms with Crippen LogP contribution in [0, 0.1) is 0 Å². The average Bonchev–Trinajstić information content (AvgIpc) is 3.56. The summed E-state index contributed by atoms with van der Waals surface area (Å²) in [7, 11) is -3.36. The minimum absolute atomic E-state index is 0.0911. The number of aromatic nitrogens is 2. The number of nitrogens with one attached hydrogen (secondary N) is 4. The van der Waals surface area contributed by atoms with E-state index in [1.165, 1.54) is 0 Å². The summed E-state index contributed by atoms with van der Waals surface area (Å²) in [6.45, 7) is 0. The molecule has 3 amide bonds. The fourth-order valence-electron chi connectivity index (χ4n) is 4.95. The van der Waals surface area contributed by atoms with Gasteiger partial charge in [-0.2, -0.15) is 13.2 Å². The molecule has 0 radical (unpaired) electrons. The molecule has 1 saturated heterocycles. The van der Waals surface area contributed by atoms with E-state index in [0.717, 1.165) is 0 Å². The fraction of sp³-hybridized carbons (Fsp3) is 0.233. The lowest BCUT2D eigenvalue weighted by atomic mass is 10.0. The Morgan fingerprint density at radius 1 is 0.935 bits per heavy atom. The largest absolute Gasteiger partial charge is 0.491 e. The number of alkyl halides is 3. The van der Waals surface area contributed by atoms with Crippen LogP contribution in [0.25, 0.3) is 11.0 Å². The van der Waals surface area contributed by atoms with Crippen LogP contribution in [-0.2, 0) is 32.0 Å². The molecule has 0 saturated carbocycles. The van der Waals surface area contributed by atoms with Gasteiger partial charge in [-0.15, -0.1) is 10.8 Å². The highest BCUT2D eigenvalue weighted by molar-refractivity contribution is 8.23. The summed E-state index contributed by atoms with van der Waals surface area (Å²) in [5.74, 6) is -4.45. The number of amides is 3. The van der Waals surface area contributed by atoms with Crippen LogP contribution < -0.4 is 15.4 Å². The molecule has 0 aliphatic carbocycles. The van der Waals surface area contributed by atoms with Gasteiger partial charge in [0.15, 0.2) is 0 Å². The van der Waals surface area contributed by atoms with Crippen LogP contribution in [0.15, 0.2) is 78.9 Å². The summed E-state index contributed by atoms with van der Waals surface area (Å²) < 4.78 is 65.1. The Morgan fingerprint density at radius 3 is 2.22 bits per heavy atom. The Bertz CT molecular complexity index is 1720. The molecule has 16 heteroatoms. The van der Waals surface area contributed by atoms with Crippen molar-refractivity contribution in [1.82, 2.24) is 25.3 Å². The number of carbonyl (C=O) groups is 4. The van der Waals surface area contributed by atoms with E-state index in [1.54, 1.807) is 78.9 Å². The third-order valence-electron chi connectivity index (χ3n) is 7.16. The smallest absolute Gasteiger partial charge is 0.385 e. The van der Waals surface area contributed by atoms with Crippen LogP contribution in [0.2, 0.25) is 0 Å². The zero-order chi connectivity index (χ0) is 33.1. The lowest BCUT2D eigenvalue weighted by Gasteiger charge is -2.32. The summed E-state index contributed by atoms with van der Waals surface area (Å²) in [5, 5.41) is 4.20. The first-order valence-electron chi connectivity index (χ1n) is 13.8. The summed E-state index contributed by atoms with van der Waals surface area (Å²) >= 11 is 0. The van der Waals surface area contributed by atoms with Gasteiger partial charge in [0, 0.05) is 6.42 Å². The fourth-order valence-corrected chi connectivity index (χ4v) is 6.43. The molecule has 1 aromatic heterocycles. The van der Waals surface area contributed by atoms with E-state index in [-0.39, 0.29) is 19.3 Å². The van der Waals surface area contributed by atoms with E-state index in [1.807, 2.05) is 0 Å². The van der Waals surface area contributed by atoms with Crippen molar-refractivity contribution < 1.29 is 46.2 Å². The van der Waals surface area contributed by atoms with Crippen molar-refractivity contribution in [3.63, 3.8) is 0 Å². The molecule has 1 aliphatic heterocycles. The van der Waals surface area contributed by atoms with Gasteiger partial charge in [0.2, 0.25) is 5.91 Å². The number of halogens is 3. The zero-order valence-corrected chi connectivity index (χ0v) is 24.6. The van der Waals surface area contributed by atoms with Gasteiger partial charge < -0.3 is 20.4 Å². The summed E-state index contributed by atoms with van der Waals surface area (Å²) in [6, 6.07) is 18.4. The van der Waals surface area contributed by atoms with Gasteiger partial charge in [0.1, 0.15) is 17.1 Å². The van der Waals surface area contributed by atoms with Gasteiger partial charge in [0.25, 0.3) is 0 Å². The topological polar surface area (TPSA) is 183 Å². The van der Waals surface area contributed by atoms with Crippen LogP contribution in [0.3, 0.4) is 0 Å². The first-order valence-corrected chi connectivity index (χ1v) is 15.4. The number of nitrogens with zero attached hydrogens (tertiary/aromatic N) is 1. The molecule has 1 fully saturated rings. The lowest BCUT2D eigenvalue weighted by Crippen LogP contribution is -2.50. The molecule has 0 bridgehead atoms. The number of fused-ring (bicyclic) bond motifs is 1. The summed E-state index contributed by atoms with van der Waals surface area (Å²) in [6.07, 6.45) is -5.65. The molecule has 6 N–H and O–H groups in total. The quantitative estimate of drug-likeness (QED) is 0.111. The average molecular weight is 660 g/mol. The van der Waals surface area contributed by atoms with E-state index < -0.39 is 58.2 Å². The highest BCUT2D eigenvalue weighted by Gasteiger charge is 2.43. The molecule has 1 aliphatic rings. The minimum Gasteiger partial charge on any atom is -0.385 e. The van der Waals surface area contributed by atoms with E-state index in [4.69, 9.17) is 0 Å². The van der Waals surface area contributed by atoms with Crippen molar-refractivity contribution in [2.45, 2.75) is 42.8 Å². The van der Waals surface area contributed by atoms with Gasteiger partial charge in [-0.05, 0) is 35.2 Å². The van der Waals surface area contributed by atoms with Crippen LogP contribution in [0.5, 0.6) is 0 Å². The van der Waals surface area contributed by atoms with Crippen LogP contribution in [-0.4, -0.2) is 55.2 Å². The maximum Gasteiger partial charge on any atom is 0.491 e. The number of rotatable bonds is 9. The highest BCUT2D eigenvalue weighted by Crippen LogP contribution is 2.56. The number of esters is 2. The number of ether oxygens (including phenoxy) is 1. The predicted octanol–water partition coefficient (Wildman–Crippen LogP) is 4.62. The number of hydrogen-bond acceptors (Lipinski definition) is 8. The van der Waals surface area contributed by atoms with E-state index >= 15 is 0 Å². The number of H-pyrrole nitrogens is 1. The number of benzene rings is 3. The Labute approximate surface area is 261 Å². The van der Waals surface area contributed by atoms with Crippen LogP contribution in [0.4, 0.5) is 18.0 Å². The van der Waals surface area contributed by atoms with Gasteiger partial charge >= 0.3 is 24.1 Å². The van der Waals surface area contributed by atoms with Crippen LogP contribution >= 0.6 is 10.8 Å². The number of aromatic amines is 1. The van der Waals surface area contributed by atoms with E-state index in [0.29, 0.717) is 33.5 Å². The van der Waals surface area contributed by atoms with Gasteiger partial charge in [0.05, 0.1) is 23.5 Å². The van der Waals surface area contributed by atoms with Gasteiger partial charge in [-0.25, -0.2) is 19.4 Å². The molecule has 3 aromatic carbocycles. The third-order valence-corrected chi connectivity index (χ3v) is 8.92. The lowest BCUT2D eigenvalue weighted by molar-refractivity contribution is -0.202. The molecule has 242 valence electrons. The monoisotopic (exact) mass is 659 g/mol. The maximum absolute atomic E-state index is 13.3. The molecule has 4 aromatic rings. The molecule has 5 rings (SSSR count). The van der Waals surface area contributed by atoms with Gasteiger partial charge in [-0.3, -0.25) is 18.6 Å². The van der Waals surface area contributed by atoms with Crippen molar-refractivity contribution in [1.29, 1.82) is 0 Å². The molecule has 1 unspecified atom stereocenters. The Balaban J connectivity index is 1.37. The van der Waals surface area contributed by atoms with Crippen molar-refractivity contribution in [3.8, 4) is 0 Å². The standard InChI is InChI=1S/C30H28F3N5O7S/c31-30(32,33)28(41)45-27(40)23(15-17-6-2-1-3-7-17)37-29(42)36-22(26-34-20-8-4-5-9-21(20)35-26)14-18-10-12-19(13-11-18)24-16-25(39)38-46(24,43)44/h1-13,22-24,43-44H,14-16H2,(H,34,35)(H,38,39)(H2,36,37,42)/t22-,23-,24?/m0/s1. The van der Waals surface area contributed by atoms with E-state index in [2.05, 4.69) is 30.1 Å². The first-order chi connectivity index (χ1) is 21.8. The van der Waals surface area contributed by atoms with Crippen LogP contribution in [0.1, 0.15) is 40.2 Å². The number of hydrogen-bond donors (Lipinski definition) is 6. The van der Waals surface area contributed by atoms with Crippen molar-refractivity contribution in [2.75, 3.05) is 0 Å². The van der Waals surface area contributed by atoms with Crippen molar-refractivity contribution in [3.05, 3.63) is 101 Å². The maximum atomic E-state index is 13.3. The number of urea groups is 1. The normalized spacial score (nSPS) is 17.8. The van der Waals surface area contributed by atoms with E-state index in [9.17, 15) is 41.5 Å². The molecular formula is C30H28F3N5O7S. The SMILES string of the molecule is O=C1CC(c2ccc(C[C@H](NC(=O)N[C@@H](Cc3ccccc3)C(=O)OC(=O)C(F)(F)F)c3nc4ccccc4[nH]3)cc2)S(O)(O)N1. The van der Waals surface area contributed by atoms with Crippen molar-refractivity contribution in [2.24, 2.45) is 0 Å². The molecular weight excluding hydrogens is 631 g/mol. The van der Waals surface area contributed by atoms with Gasteiger partial charge in [-0.1, -0.05) is 66.7 Å². The second-order valence-corrected chi connectivity index (χ2v) is 12.5. The molecule has 12 nitrogen and oxygen atoms in total. The number of imidazole rings is 1. The number of para-hydroxylation sites is 2. The second kappa shape index (κ2) is 13.2. The highest BCUT2D eigenvalue weighted by atomic mass is 32.3. The summed E-state index contributed by atoms with van der Waals surface area (Å²) in [5.41, 5.74) is 2.93. The Kier molecular flexibility index (Phi) is 9.32. The second-order valence-electron chi connectivity index (χ2n) is 10.5. The zero-order valence-electron chi connectivity index (χ0n) is 23.8. The number of carbonyl (C=O) groups excluding carboxylic acids is 4. The molecule has 46 heavy (non-hydrogen) atoms. The summed E-state index contributed by atoms with van der Waals surface area (Å²) in [4.78, 5) is 56.7. The Morgan fingerprint density at radius 2 is 1.59 bits per heavy atom. The predicted molar refractivity (Wildman–Crippen MR) is 160 cm³/mol.